The molecule has 0 fully saturated rings. The number of benzene rings is 1. The molecular weight excluding hydrogens is 366 g/mol. The van der Waals surface area contributed by atoms with Crippen LogP contribution in [0.1, 0.15) is 39.7 Å². The van der Waals surface area contributed by atoms with Crippen LogP contribution in [0, 0.1) is 5.92 Å². The Morgan fingerprint density at radius 2 is 2.11 bits per heavy atom. The fraction of sp³-hybridized carbons (Fsp3) is 0.400. The Kier molecular flexibility index (Phi) is 4.78. The molecular formula is C20H21NO5S. The van der Waals surface area contributed by atoms with Gasteiger partial charge in [0.2, 0.25) is 12.7 Å². The van der Waals surface area contributed by atoms with Crippen molar-refractivity contribution in [2.45, 2.75) is 32.6 Å². The van der Waals surface area contributed by atoms with Crippen LogP contribution in [0.5, 0.6) is 11.5 Å². The maximum absolute atomic E-state index is 12.6. The van der Waals surface area contributed by atoms with Crippen LogP contribution in [0.25, 0.3) is 0 Å². The summed E-state index contributed by atoms with van der Waals surface area (Å²) < 4.78 is 15.6. The zero-order valence-electron chi connectivity index (χ0n) is 15.3. The molecule has 7 heteroatoms. The number of hydrogen-bond donors (Lipinski definition) is 1. The van der Waals surface area contributed by atoms with Gasteiger partial charge in [-0.25, -0.2) is 4.79 Å². The SMILES string of the molecule is COC(=O)c1c(NC(=O)Cc2ccc3c(c2)OCO3)sc2c1CC[C@H](C)C2. The van der Waals surface area contributed by atoms with E-state index in [2.05, 4.69) is 12.2 Å². The molecule has 142 valence electrons. The van der Waals surface area contributed by atoms with Gasteiger partial charge in [-0.15, -0.1) is 11.3 Å². The van der Waals surface area contributed by atoms with Crippen molar-refractivity contribution in [3.8, 4) is 11.5 Å². The van der Waals surface area contributed by atoms with Gasteiger partial charge in [-0.05, 0) is 48.4 Å². The monoisotopic (exact) mass is 387 g/mol. The minimum atomic E-state index is -0.388. The topological polar surface area (TPSA) is 73.9 Å². The van der Waals surface area contributed by atoms with E-state index in [9.17, 15) is 9.59 Å². The standard InChI is InChI=1S/C20H21NO5S/c1-11-3-5-13-16(7-11)27-19(18(13)20(23)24-2)21-17(22)9-12-4-6-14-15(8-12)26-10-25-14/h4,6,8,11H,3,5,7,9-10H2,1-2H3,(H,21,22)/t11-/m0/s1. The van der Waals surface area contributed by atoms with Gasteiger partial charge in [0.15, 0.2) is 11.5 Å². The minimum Gasteiger partial charge on any atom is -0.465 e. The fourth-order valence-electron chi connectivity index (χ4n) is 3.56. The van der Waals surface area contributed by atoms with Gasteiger partial charge in [0.05, 0.1) is 19.1 Å². The van der Waals surface area contributed by atoms with E-state index in [1.807, 2.05) is 12.1 Å². The molecule has 0 unspecified atom stereocenters. The maximum Gasteiger partial charge on any atom is 0.341 e. The molecule has 27 heavy (non-hydrogen) atoms. The number of amides is 1. The van der Waals surface area contributed by atoms with Crippen molar-refractivity contribution in [1.82, 2.24) is 0 Å². The van der Waals surface area contributed by atoms with Crippen LogP contribution < -0.4 is 14.8 Å². The van der Waals surface area contributed by atoms with Crippen LogP contribution in [-0.4, -0.2) is 25.8 Å². The first-order chi connectivity index (χ1) is 13.0. The van der Waals surface area contributed by atoms with Crippen molar-refractivity contribution in [2.75, 3.05) is 19.2 Å². The van der Waals surface area contributed by atoms with Gasteiger partial charge in [-0.3, -0.25) is 4.79 Å². The zero-order valence-corrected chi connectivity index (χ0v) is 16.1. The van der Waals surface area contributed by atoms with Gasteiger partial charge in [-0.1, -0.05) is 13.0 Å². The summed E-state index contributed by atoms with van der Waals surface area (Å²) >= 11 is 1.49. The fourth-order valence-corrected chi connectivity index (χ4v) is 4.98. The molecule has 1 atom stereocenters. The number of carbonyl (C=O) groups is 2. The third-order valence-corrected chi connectivity index (χ3v) is 6.13. The van der Waals surface area contributed by atoms with E-state index in [4.69, 9.17) is 14.2 Å². The number of fused-ring (bicyclic) bond motifs is 2. The Labute approximate surface area is 161 Å². The van der Waals surface area contributed by atoms with Gasteiger partial charge >= 0.3 is 5.97 Å². The molecule has 1 N–H and O–H groups in total. The maximum atomic E-state index is 12.6. The van der Waals surface area contributed by atoms with Crippen LogP contribution in [-0.2, 0) is 28.8 Å². The van der Waals surface area contributed by atoms with E-state index < -0.39 is 0 Å². The number of methoxy groups -OCH3 is 1. The Hall–Kier alpha value is -2.54. The van der Waals surface area contributed by atoms with Crippen LogP contribution >= 0.6 is 11.3 Å². The molecule has 1 aromatic carbocycles. The average Bonchev–Trinajstić information content (AvgIpc) is 3.24. The third kappa shape index (κ3) is 3.51. The molecule has 1 aliphatic heterocycles. The Morgan fingerprint density at radius 1 is 1.30 bits per heavy atom. The van der Waals surface area contributed by atoms with Crippen molar-refractivity contribution in [3.05, 3.63) is 39.8 Å². The molecule has 6 nitrogen and oxygen atoms in total. The quantitative estimate of drug-likeness (QED) is 0.812. The van der Waals surface area contributed by atoms with E-state index in [0.29, 0.717) is 28.0 Å². The van der Waals surface area contributed by atoms with Crippen LogP contribution in [0.2, 0.25) is 0 Å². The van der Waals surface area contributed by atoms with Gasteiger partial charge in [0, 0.05) is 4.88 Å². The second-order valence-corrected chi connectivity index (χ2v) is 8.07. The van der Waals surface area contributed by atoms with Gasteiger partial charge in [-0.2, -0.15) is 0 Å². The number of rotatable bonds is 4. The number of nitrogens with one attached hydrogen (secondary N) is 1. The third-order valence-electron chi connectivity index (χ3n) is 4.96. The molecule has 0 radical (unpaired) electrons. The molecule has 0 saturated carbocycles. The highest BCUT2D eigenvalue weighted by atomic mass is 32.1. The van der Waals surface area contributed by atoms with E-state index >= 15 is 0 Å². The summed E-state index contributed by atoms with van der Waals surface area (Å²) in [6, 6.07) is 5.45. The van der Waals surface area contributed by atoms with Crippen molar-refractivity contribution < 1.29 is 23.8 Å². The van der Waals surface area contributed by atoms with E-state index in [-0.39, 0.29) is 25.1 Å². The number of esters is 1. The summed E-state index contributed by atoms with van der Waals surface area (Å²) in [4.78, 5) is 26.1. The van der Waals surface area contributed by atoms with E-state index in [0.717, 1.165) is 30.4 Å². The summed E-state index contributed by atoms with van der Waals surface area (Å²) in [6.45, 7) is 2.41. The minimum absolute atomic E-state index is 0.175. The molecule has 1 aliphatic carbocycles. The summed E-state index contributed by atoms with van der Waals surface area (Å²) in [5.41, 5.74) is 2.37. The molecule has 0 saturated heterocycles. The first-order valence-electron chi connectivity index (χ1n) is 8.96. The Balaban J connectivity index is 1.54. The number of hydrogen-bond acceptors (Lipinski definition) is 6. The first kappa shape index (κ1) is 17.9. The molecule has 1 amide bonds. The Morgan fingerprint density at radius 3 is 2.93 bits per heavy atom. The predicted octanol–water partition coefficient (Wildman–Crippen LogP) is 3.57. The lowest BCUT2D eigenvalue weighted by molar-refractivity contribution is -0.115. The average molecular weight is 387 g/mol. The highest BCUT2D eigenvalue weighted by Crippen LogP contribution is 2.40. The lowest BCUT2D eigenvalue weighted by Crippen LogP contribution is -2.17. The van der Waals surface area contributed by atoms with Crippen molar-refractivity contribution in [1.29, 1.82) is 0 Å². The lowest BCUT2D eigenvalue weighted by atomic mass is 9.88. The molecule has 2 heterocycles. The van der Waals surface area contributed by atoms with E-state index in [1.54, 1.807) is 6.07 Å². The highest BCUT2D eigenvalue weighted by Gasteiger charge is 2.29. The van der Waals surface area contributed by atoms with Crippen molar-refractivity contribution >= 4 is 28.2 Å². The second kappa shape index (κ2) is 7.23. The number of thiophene rings is 1. The van der Waals surface area contributed by atoms with Crippen LogP contribution in [0.15, 0.2) is 18.2 Å². The predicted molar refractivity (Wildman–Crippen MR) is 102 cm³/mol. The van der Waals surface area contributed by atoms with Gasteiger partial charge in [0.1, 0.15) is 5.00 Å². The smallest absolute Gasteiger partial charge is 0.341 e. The number of carbonyl (C=O) groups excluding carboxylic acids is 2. The molecule has 0 bridgehead atoms. The summed E-state index contributed by atoms with van der Waals surface area (Å²) in [7, 11) is 1.37. The van der Waals surface area contributed by atoms with Crippen molar-refractivity contribution in [2.24, 2.45) is 5.92 Å². The van der Waals surface area contributed by atoms with Crippen molar-refractivity contribution in [3.63, 3.8) is 0 Å². The molecule has 4 rings (SSSR count). The van der Waals surface area contributed by atoms with Gasteiger partial charge in [0.25, 0.3) is 0 Å². The first-order valence-corrected chi connectivity index (χ1v) is 9.78. The Bertz CT molecular complexity index is 904. The normalized spacial score (nSPS) is 17.3. The number of anilines is 1. The summed E-state index contributed by atoms with van der Waals surface area (Å²) in [5, 5.41) is 3.51. The second-order valence-electron chi connectivity index (χ2n) is 6.96. The number of ether oxygens (including phenoxy) is 3. The largest absolute Gasteiger partial charge is 0.465 e. The van der Waals surface area contributed by atoms with E-state index in [1.165, 1.54) is 23.3 Å². The highest BCUT2D eigenvalue weighted by molar-refractivity contribution is 7.17. The molecule has 0 spiro atoms. The van der Waals surface area contributed by atoms with Gasteiger partial charge < -0.3 is 19.5 Å². The molecule has 2 aliphatic rings. The van der Waals surface area contributed by atoms with Crippen LogP contribution in [0.4, 0.5) is 5.00 Å². The molecule has 2 aromatic rings. The lowest BCUT2D eigenvalue weighted by Gasteiger charge is -2.18. The van der Waals surface area contributed by atoms with Crippen LogP contribution in [0.3, 0.4) is 0 Å². The zero-order chi connectivity index (χ0) is 19.0. The summed E-state index contributed by atoms with van der Waals surface area (Å²) in [6.07, 6.45) is 3.01. The summed E-state index contributed by atoms with van der Waals surface area (Å²) in [5.74, 6) is 1.35. The molecule has 1 aromatic heterocycles.